The number of carbonyl (C=O) groups is 1. The van der Waals surface area contributed by atoms with Crippen LogP contribution in [0.25, 0.3) is 0 Å². The Morgan fingerprint density at radius 1 is 1.33 bits per heavy atom. The van der Waals surface area contributed by atoms with E-state index in [9.17, 15) is 4.79 Å². The van der Waals surface area contributed by atoms with Crippen molar-refractivity contribution >= 4 is 17.4 Å². The van der Waals surface area contributed by atoms with E-state index in [1.165, 1.54) is 0 Å². The van der Waals surface area contributed by atoms with Crippen LogP contribution in [0.2, 0.25) is 5.02 Å². The molecule has 0 amide bonds. The Hall–Kier alpha value is -1.02. The van der Waals surface area contributed by atoms with Gasteiger partial charge in [0.2, 0.25) is 0 Å². The third kappa shape index (κ3) is 1.74. The van der Waals surface area contributed by atoms with Gasteiger partial charge in [-0.2, -0.15) is 0 Å². The van der Waals surface area contributed by atoms with Crippen LogP contribution >= 0.6 is 11.6 Å². The minimum Gasteiger partial charge on any atom is -0.489 e. The lowest BCUT2D eigenvalue weighted by Gasteiger charge is -2.44. The summed E-state index contributed by atoms with van der Waals surface area (Å²) in [6.07, 6.45) is 4.97. The number of rotatable bonds is 2. The molecular formula is C15H17ClO2. The van der Waals surface area contributed by atoms with Crippen LogP contribution in [0.4, 0.5) is 0 Å². The zero-order valence-electron chi connectivity index (χ0n) is 10.5. The summed E-state index contributed by atoms with van der Waals surface area (Å²) in [5.74, 6) is 1.23. The largest absolute Gasteiger partial charge is 0.489 e. The molecule has 1 aromatic carbocycles. The van der Waals surface area contributed by atoms with Crippen molar-refractivity contribution in [1.82, 2.24) is 0 Å². The molecule has 96 valence electrons. The second-order valence-electron chi connectivity index (χ2n) is 5.51. The van der Waals surface area contributed by atoms with Gasteiger partial charge >= 0.3 is 0 Å². The van der Waals surface area contributed by atoms with Gasteiger partial charge in [0.15, 0.2) is 0 Å². The van der Waals surface area contributed by atoms with Gasteiger partial charge in [-0.1, -0.05) is 24.4 Å². The summed E-state index contributed by atoms with van der Waals surface area (Å²) in [5, 5.41) is 0.752. The highest BCUT2D eigenvalue weighted by Crippen LogP contribution is 2.52. The van der Waals surface area contributed by atoms with E-state index in [4.69, 9.17) is 16.3 Å². The Bertz CT molecular complexity index is 489. The minimum atomic E-state index is -0.159. The Kier molecular flexibility index (Phi) is 2.86. The molecule has 1 atom stereocenters. The van der Waals surface area contributed by atoms with Crippen LogP contribution in [-0.2, 0) is 4.79 Å². The van der Waals surface area contributed by atoms with E-state index in [-0.39, 0.29) is 11.5 Å². The van der Waals surface area contributed by atoms with Gasteiger partial charge in [-0.3, -0.25) is 4.79 Å². The van der Waals surface area contributed by atoms with Crippen molar-refractivity contribution in [3.63, 3.8) is 0 Å². The van der Waals surface area contributed by atoms with Gasteiger partial charge < -0.3 is 4.74 Å². The summed E-state index contributed by atoms with van der Waals surface area (Å²) in [6, 6.07) is 5.70. The fraction of sp³-hybridized carbons (Fsp3) is 0.533. The first-order valence-corrected chi connectivity index (χ1v) is 6.96. The third-order valence-electron chi connectivity index (χ3n) is 4.45. The summed E-state index contributed by atoms with van der Waals surface area (Å²) in [5.41, 5.74) is 0.855. The van der Waals surface area contributed by atoms with Gasteiger partial charge in [0.25, 0.3) is 0 Å². The fourth-order valence-electron chi connectivity index (χ4n) is 3.23. The average molecular weight is 265 g/mol. The topological polar surface area (TPSA) is 26.3 Å². The maximum Gasteiger partial charge on any atom is 0.146 e. The van der Waals surface area contributed by atoms with Gasteiger partial charge in [-0.25, -0.2) is 0 Å². The first-order chi connectivity index (χ1) is 8.62. The number of benzene rings is 1. The normalized spacial score (nSPS) is 25.2. The summed E-state index contributed by atoms with van der Waals surface area (Å²) in [4.78, 5) is 11.9. The Balaban J connectivity index is 1.77. The molecule has 0 saturated heterocycles. The molecule has 2 saturated carbocycles. The summed E-state index contributed by atoms with van der Waals surface area (Å²) in [6.45, 7) is 1.96. The van der Waals surface area contributed by atoms with E-state index in [0.717, 1.165) is 42.0 Å². The van der Waals surface area contributed by atoms with E-state index in [1.54, 1.807) is 0 Å². The van der Waals surface area contributed by atoms with E-state index in [2.05, 4.69) is 0 Å². The van der Waals surface area contributed by atoms with Crippen LogP contribution in [0.5, 0.6) is 5.75 Å². The monoisotopic (exact) mass is 264 g/mol. The maximum absolute atomic E-state index is 11.9. The van der Waals surface area contributed by atoms with Crippen LogP contribution in [0.1, 0.15) is 37.7 Å². The fourth-order valence-corrected chi connectivity index (χ4v) is 3.35. The molecule has 0 aliphatic heterocycles. The molecule has 3 heteroatoms. The highest BCUT2D eigenvalue weighted by molar-refractivity contribution is 6.31. The van der Waals surface area contributed by atoms with Crippen LogP contribution in [0.3, 0.4) is 0 Å². The van der Waals surface area contributed by atoms with Crippen LogP contribution in [0.15, 0.2) is 18.2 Å². The van der Waals surface area contributed by atoms with Gasteiger partial charge in [0, 0.05) is 11.4 Å². The SMILES string of the molecule is Cc1cc(OC2CC(=O)C23CCCC3)ccc1Cl. The first-order valence-electron chi connectivity index (χ1n) is 6.58. The van der Waals surface area contributed by atoms with Crippen LogP contribution in [-0.4, -0.2) is 11.9 Å². The molecule has 0 heterocycles. The predicted octanol–water partition coefficient (Wildman–Crippen LogP) is 3.93. The number of ketones is 1. The number of hydrogen-bond acceptors (Lipinski definition) is 2. The Morgan fingerprint density at radius 2 is 2.06 bits per heavy atom. The number of Topliss-reactive ketones (excluding diaryl/α,β-unsaturated/α-hetero) is 1. The highest BCUT2D eigenvalue weighted by atomic mass is 35.5. The molecule has 1 unspecified atom stereocenters. The number of ether oxygens (including phenoxy) is 1. The quantitative estimate of drug-likeness (QED) is 0.809. The molecule has 2 fully saturated rings. The predicted molar refractivity (Wildman–Crippen MR) is 71.1 cm³/mol. The van der Waals surface area contributed by atoms with Crippen molar-refractivity contribution in [1.29, 1.82) is 0 Å². The molecule has 0 aromatic heterocycles. The van der Waals surface area contributed by atoms with Crippen LogP contribution < -0.4 is 4.74 Å². The zero-order valence-corrected chi connectivity index (χ0v) is 11.3. The van der Waals surface area contributed by atoms with E-state index in [0.29, 0.717) is 12.2 Å². The number of aryl methyl sites for hydroxylation is 1. The van der Waals surface area contributed by atoms with E-state index in [1.807, 2.05) is 25.1 Å². The smallest absolute Gasteiger partial charge is 0.146 e. The molecule has 1 aromatic rings. The molecule has 0 N–H and O–H groups in total. The number of carbonyl (C=O) groups excluding carboxylic acids is 1. The van der Waals surface area contributed by atoms with Gasteiger partial charge in [0.05, 0.1) is 5.41 Å². The lowest BCUT2D eigenvalue weighted by atomic mass is 9.63. The molecule has 1 spiro atoms. The Labute approximate surface area is 112 Å². The van der Waals surface area contributed by atoms with E-state index >= 15 is 0 Å². The summed E-state index contributed by atoms with van der Waals surface area (Å²) >= 11 is 6.00. The van der Waals surface area contributed by atoms with Crippen molar-refractivity contribution in [3.8, 4) is 5.75 Å². The van der Waals surface area contributed by atoms with E-state index < -0.39 is 0 Å². The lowest BCUT2D eigenvalue weighted by molar-refractivity contribution is -0.151. The highest BCUT2D eigenvalue weighted by Gasteiger charge is 2.57. The van der Waals surface area contributed by atoms with Gasteiger partial charge in [0.1, 0.15) is 17.6 Å². The van der Waals surface area contributed by atoms with Crippen molar-refractivity contribution in [2.75, 3.05) is 0 Å². The molecule has 0 bridgehead atoms. The molecule has 18 heavy (non-hydrogen) atoms. The molecule has 2 aliphatic rings. The average Bonchev–Trinajstić information content (AvgIpc) is 2.85. The molecule has 3 rings (SSSR count). The first kappa shape index (κ1) is 12.0. The van der Waals surface area contributed by atoms with Gasteiger partial charge in [-0.05, 0) is 43.5 Å². The standard InChI is InChI=1S/C15H17ClO2/c1-10-8-11(4-5-12(10)16)18-14-9-13(17)15(14)6-2-3-7-15/h4-5,8,14H,2-3,6-7,9H2,1H3. The number of halogens is 1. The third-order valence-corrected chi connectivity index (χ3v) is 4.87. The van der Waals surface area contributed by atoms with Crippen molar-refractivity contribution in [2.45, 2.75) is 45.1 Å². The second kappa shape index (κ2) is 4.27. The van der Waals surface area contributed by atoms with Gasteiger partial charge in [-0.15, -0.1) is 0 Å². The summed E-state index contributed by atoms with van der Waals surface area (Å²) < 4.78 is 6.01. The van der Waals surface area contributed by atoms with Crippen molar-refractivity contribution < 1.29 is 9.53 Å². The number of hydrogen-bond donors (Lipinski definition) is 0. The zero-order chi connectivity index (χ0) is 12.8. The minimum absolute atomic E-state index is 0.0769. The Morgan fingerprint density at radius 3 is 2.67 bits per heavy atom. The summed E-state index contributed by atoms with van der Waals surface area (Å²) in [7, 11) is 0. The molecule has 0 radical (unpaired) electrons. The molecule has 2 nitrogen and oxygen atoms in total. The maximum atomic E-state index is 11.9. The van der Waals surface area contributed by atoms with Crippen molar-refractivity contribution in [3.05, 3.63) is 28.8 Å². The van der Waals surface area contributed by atoms with Crippen molar-refractivity contribution in [2.24, 2.45) is 5.41 Å². The second-order valence-corrected chi connectivity index (χ2v) is 5.92. The molecule has 2 aliphatic carbocycles. The van der Waals surface area contributed by atoms with Crippen LogP contribution in [0, 0.1) is 12.3 Å². The lowest BCUT2D eigenvalue weighted by Crippen LogP contribution is -2.55. The molecular weight excluding hydrogens is 248 g/mol.